The molecular formula is C22H19NO4. The van der Waals surface area contributed by atoms with Crippen molar-refractivity contribution in [1.29, 1.82) is 0 Å². The topological polar surface area (TPSA) is 68.1 Å². The first kappa shape index (κ1) is 18.2. The van der Waals surface area contributed by atoms with Gasteiger partial charge in [0, 0.05) is 0 Å². The molecule has 0 radical (unpaired) electrons. The van der Waals surface area contributed by atoms with Gasteiger partial charge in [-0.3, -0.25) is 0 Å². The lowest BCUT2D eigenvalue weighted by molar-refractivity contribution is -0.142. The Bertz CT molecular complexity index is 905. The third-order valence-corrected chi connectivity index (χ3v) is 3.79. The van der Waals surface area contributed by atoms with E-state index in [4.69, 9.17) is 9.84 Å². The fraction of sp³-hybridized carbons (Fsp3) is 0.0909. The summed E-state index contributed by atoms with van der Waals surface area (Å²) < 4.78 is 5.81. The Kier molecular flexibility index (Phi) is 6.20. The van der Waals surface area contributed by atoms with Gasteiger partial charge in [0.2, 0.25) is 6.61 Å². The fourth-order valence-electron chi connectivity index (χ4n) is 2.47. The minimum atomic E-state index is -1.06. The van der Waals surface area contributed by atoms with Gasteiger partial charge in [0.25, 0.3) is 0 Å². The number of rotatable bonds is 8. The van der Waals surface area contributed by atoms with Crippen molar-refractivity contribution in [2.24, 2.45) is 5.16 Å². The molecule has 0 aromatic heterocycles. The van der Waals surface area contributed by atoms with Gasteiger partial charge in [0.05, 0.1) is 6.21 Å². The van der Waals surface area contributed by atoms with Crippen molar-refractivity contribution < 1.29 is 19.5 Å². The van der Waals surface area contributed by atoms with E-state index in [1.807, 2.05) is 78.9 Å². The highest BCUT2D eigenvalue weighted by atomic mass is 16.6. The molecule has 3 rings (SSSR count). The molecule has 5 nitrogen and oxygen atoms in total. The molecule has 0 aliphatic rings. The predicted octanol–water partition coefficient (Wildman–Crippen LogP) is 4.37. The van der Waals surface area contributed by atoms with Crippen molar-refractivity contribution in [3.05, 3.63) is 90.0 Å². The van der Waals surface area contributed by atoms with Gasteiger partial charge >= 0.3 is 5.97 Å². The van der Waals surface area contributed by atoms with E-state index in [0.717, 1.165) is 28.0 Å². The largest absolute Gasteiger partial charge is 0.489 e. The molecule has 0 amide bonds. The number of hydrogen-bond acceptors (Lipinski definition) is 4. The van der Waals surface area contributed by atoms with Crippen LogP contribution in [0.15, 0.2) is 84.0 Å². The first-order valence-corrected chi connectivity index (χ1v) is 8.45. The normalized spacial score (nSPS) is 10.7. The second-order valence-electron chi connectivity index (χ2n) is 5.83. The van der Waals surface area contributed by atoms with Crippen LogP contribution >= 0.6 is 0 Å². The zero-order valence-corrected chi connectivity index (χ0v) is 14.6. The van der Waals surface area contributed by atoms with Gasteiger partial charge in [0.15, 0.2) is 0 Å². The van der Waals surface area contributed by atoms with E-state index < -0.39 is 12.6 Å². The van der Waals surface area contributed by atoms with Gasteiger partial charge in [0.1, 0.15) is 12.4 Å². The lowest BCUT2D eigenvalue weighted by Gasteiger charge is -2.08. The van der Waals surface area contributed by atoms with Crippen molar-refractivity contribution in [2.45, 2.75) is 6.61 Å². The molecule has 0 atom stereocenters. The molecule has 136 valence electrons. The molecule has 0 aliphatic heterocycles. The molecule has 3 aromatic rings. The number of oxime groups is 1. The number of benzene rings is 3. The minimum absolute atomic E-state index is 0.458. The molecule has 0 fully saturated rings. The van der Waals surface area contributed by atoms with E-state index in [9.17, 15) is 4.79 Å². The average Bonchev–Trinajstić information content (AvgIpc) is 2.71. The van der Waals surface area contributed by atoms with Crippen LogP contribution in [0.2, 0.25) is 0 Å². The lowest BCUT2D eigenvalue weighted by atomic mass is 10.0. The number of carboxylic acid groups (broad SMARTS) is 1. The van der Waals surface area contributed by atoms with Crippen molar-refractivity contribution in [1.82, 2.24) is 0 Å². The number of hydrogen-bond donors (Lipinski definition) is 1. The standard InChI is InChI=1S/C22H19NO4/c24-22(25)16-27-23-14-18-7-4-8-20(13-18)19-9-11-21(12-10-19)26-15-17-5-2-1-3-6-17/h1-14H,15-16H2,(H,24,25). The Morgan fingerprint density at radius 2 is 1.70 bits per heavy atom. The second-order valence-corrected chi connectivity index (χ2v) is 5.83. The maximum Gasteiger partial charge on any atom is 0.344 e. The third kappa shape index (κ3) is 5.71. The van der Waals surface area contributed by atoms with Crippen molar-refractivity contribution in [2.75, 3.05) is 6.61 Å². The van der Waals surface area contributed by atoms with E-state index in [1.54, 1.807) is 0 Å². The van der Waals surface area contributed by atoms with Gasteiger partial charge in [-0.2, -0.15) is 0 Å². The van der Waals surface area contributed by atoms with E-state index in [1.165, 1.54) is 6.21 Å². The molecule has 0 aliphatic carbocycles. The summed E-state index contributed by atoms with van der Waals surface area (Å²) >= 11 is 0. The summed E-state index contributed by atoms with van der Waals surface area (Å²) in [6, 6.07) is 25.6. The molecule has 0 heterocycles. The summed E-state index contributed by atoms with van der Waals surface area (Å²) in [5.41, 5.74) is 4.01. The summed E-state index contributed by atoms with van der Waals surface area (Å²) in [5, 5.41) is 12.2. The molecule has 0 saturated carbocycles. The number of ether oxygens (including phenoxy) is 1. The number of carboxylic acids is 1. The van der Waals surface area contributed by atoms with Gasteiger partial charge in [-0.15, -0.1) is 0 Å². The van der Waals surface area contributed by atoms with Crippen molar-refractivity contribution in [3.8, 4) is 16.9 Å². The quantitative estimate of drug-likeness (QED) is 0.478. The zero-order valence-electron chi connectivity index (χ0n) is 14.6. The van der Waals surface area contributed by atoms with Gasteiger partial charge in [-0.05, 0) is 40.5 Å². The third-order valence-electron chi connectivity index (χ3n) is 3.79. The van der Waals surface area contributed by atoms with Gasteiger partial charge < -0.3 is 14.7 Å². The van der Waals surface area contributed by atoms with E-state index >= 15 is 0 Å². The lowest BCUT2D eigenvalue weighted by Crippen LogP contribution is -2.03. The molecule has 0 bridgehead atoms. The van der Waals surface area contributed by atoms with Crippen LogP contribution in [-0.2, 0) is 16.2 Å². The summed E-state index contributed by atoms with van der Waals surface area (Å²) in [4.78, 5) is 15.1. The van der Waals surface area contributed by atoms with Crippen LogP contribution in [0.4, 0.5) is 0 Å². The Morgan fingerprint density at radius 3 is 2.44 bits per heavy atom. The van der Waals surface area contributed by atoms with Crippen LogP contribution in [0.5, 0.6) is 5.75 Å². The number of nitrogens with zero attached hydrogens (tertiary/aromatic N) is 1. The first-order valence-electron chi connectivity index (χ1n) is 8.45. The molecular weight excluding hydrogens is 342 g/mol. The number of carbonyl (C=O) groups is 1. The molecule has 5 heteroatoms. The van der Waals surface area contributed by atoms with E-state index in [2.05, 4.69) is 9.99 Å². The SMILES string of the molecule is O=C(O)CON=Cc1cccc(-c2ccc(OCc3ccccc3)cc2)c1. The summed E-state index contributed by atoms with van der Waals surface area (Å²) in [7, 11) is 0. The molecule has 0 saturated heterocycles. The highest BCUT2D eigenvalue weighted by Crippen LogP contribution is 2.23. The number of aliphatic carboxylic acids is 1. The van der Waals surface area contributed by atoms with E-state index in [-0.39, 0.29) is 0 Å². The molecule has 1 N–H and O–H groups in total. The summed E-state index contributed by atoms with van der Waals surface area (Å²) in [6.45, 7) is 0.0725. The Morgan fingerprint density at radius 1 is 0.926 bits per heavy atom. The summed E-state index contributed by atoms with van der Waals surface area (Å²) in [6.07, 6.45) is 1.49. The van der Waals surface area contributed by atoms with Crippen LogP contribution < -0.4 is 4.74 Å². The van der Waals surface area contributed by atoms with Crippen molar-refractivity contribution >= 4 is 12.2 Å². The van der Waals surface area contributed by atoms with E-state index in [0.29, 0.717) is 6.61 Å². The average molecular weight is 361 g/mol. The van der Waals surface area contributed by atoms with Crippen LogP contribution in [-0.4, -0.2) is 23.9 Å². The smallest absolute Gasteiger partial charge is 0.344 e. The zero-order chi connectivity index (χ0) is 18.9. The monoisotopic (exact) mass is 361 g/mol. The molecule has 0 spiro atoms. The highest BCUT2D eigenvalue weighted by Gasteiger charge is 2.01. The summed E-state index contributed by atoms with van der Waals surface area (Å²) in [5.74, 6) is -0.252. The van der Waals surface area contributed by atoms with Crippen LogP contribution in [0.1, 0.15) is 11.1 Å². The second kappa shape index (κ2) is 9.20. The maximum atomic E-state index is 10.4. The molecule has 3 aromatic carbocycles. The van der Waals surface area contributed by atoms with Crippen LogP contribution in [0.3, 0.4) is 0 Å². The Hall–Kier alpha value is -3.60. The Balaban J connectivity index is 1.62. The van der Waals surface area contributed by atoms with Gasteiger partial charge in [-0.1, -0.05) is 65.8 Å². The highest BCUT2D eigenvalue weighted by molar-refractivity contribution is 5.82. The van der Waals surface area contributed by atoms with Gasteiger partial charge in [-0.25, -0.2) is 4.79 Å². The fourth-order valence-corrected chi connectivity index (χ4v) is 2.47. The van der Waals surface area contributed by atoms with Crippen LogP contribution in [0, 0.1) is 0 Å². The van der Waals surface area contributed by atoms with Crippen molar-refractivity contribution in [3.63, 3.8) is 0 Å². The Labute approximate surface area is 157 Å². The van der Waals surface area contributed by atoms with Crippen LogP contribution in [0.25, 0.3) is 11.1 Å². The molecule has 0 unspecified atom stereocenters. The predicted molar refractivity (Wildman–Crippen MR) is 104 cm³/mol. The molecule has 27 heavy (non-hydrogen) atoms. The minimum Gasteiger partial charge on any atom is -0.489 e. The first-order chi connectivity index (χ1) is 13.2. The maximum absolute atomic E-state index is 10.4.